The van der Waals surface area contributed by atoms with Gasteiger partial charge in [0, 0.05) is 44.5 Å². The first-order chi connectivity index (χ1) is 10.1. The molecule has 0 aliphatic carbocycles. The molecule has 21 heavy (non-hydrogen) atoms. The van der Waals surface area contributed by atoms with Crippen molar-refractivity contribution >= 4 is 16.8 Å². The Hall–Kier alpha value is -2.69. The van der Waals surface area contributed by atoms with Crippen LogP contribution in [-0.2, 0) is 7.05 Å². The Morgan fingerprint density at radius 3 is 2.67 bits per heavy atom. The van der Waals surface area contributed by atoms with Crippen LogP contribution in [0.2, 0.25) is 0 Å². The number of hydrogen-bond acceptors (Lipinski definition) is 3. The number of aromatic nitrogens is 3. The Morgan fingerprint density at radius 1 is 1.10 bits per heavy atom. The summed E-state index contributed by atoms with van der Waals surface area (Å²) in [4.78, 5) is 17.7. The molecule has 0 saturated carbocycles. The zero-order chi connectivity index (χ0) is 15.0. The van der Waals surface area contributed by atoms with Crippen molar-refractivity contribution in [1.82, 2.24) is 19.7 Å². The minimum Gasteiger partial charge on any atom is -0.345 e. The van der Waals surface area contributed by atoms with Crippen molar-refractivity contribution in [2.75, 3.05) is 14.1 Å². The van der Waals surface area contributed by atoms with Crippen molar-refractivity contribution in [3.05, 3.63) is 48.4 Å². The lowest BCUT2D eigenvalue weighted by Gasteiger charge is -2.10. The Bertz CT molecular complexity index is 820. The zero-order valence-corrected chi connectivity index (χ0v) is 12.2. The zero-order valence-electron chi connectivity index (χ0n) is 12.2. The van der Waals surface area contributed by atoms with Crippen molar-refractivity contribution in [2.45, 2.75) is 0 Å². The molecule has 0 saturated heterocycles. The molecule has 0 fully saturated rings. The first kappa shape index (κ1) is 13.3. The Morgan fingerprint density at radius 2 is 1.90 bits per heavy atom. The molecule has 0 atom stereocenters. The number of pyridine rings is 1. The average molecular weight is 280 g/mol. The van der Waals surface area contributed by atoms with Crippen LogP contribution >= 0.6 is 0 Å². The quantitative estimate of drug-likeness (QED) is 0.724. The summed E-state index contributed by atoms with van der Waals surface area (Å²) in [5, 5.41) is 5.31. The molecule has 2 heterocycles. The second-order valence-electron chi connectivity index (χ2n) is 5.20. The molecule has 0 N–H and O–H groups in total. The van der Waals surface area contributed by atoms with Crippen LogP contribution in [0.1, 0.15) is 10.4 Å². The number of aryl methyl sites for hydroxylation is 1. The molecule has 106 valence electrons. The van der Waals surface area contributed by atoms with E-state index in [0.717, 1.165) is 22.0 Å². The van der Waals surface area contributed by atoms with E-state index in [1.807, 2.05) is 36.1 Å². The van der Waals surface area contributed by atoms with Gasteiger partial charge >= 0.3 is 0 Å². The molecule has 0 unspecified atom stereocenters. The van der Waals surface area contributed by atoms with Crippen molar-refractivity contribution in [3.63, 3.8) is 0 Å². The van der Waals surface area contributed by atoms with Crippen LogP contribution in [0, 0.1) is 0 Å². The number of amides is 1. The highest BCUT2D eigenvalue weighted by Gasteiger charge is 2.10. The third kappa shape index (κ3) is 2.38. The first-order valence-electron chi connectivity index (χ1n) is 6.65. The van der Waals surface area contributed by atoms with Crippen LogP contribution in [0.3, 0.4) is 0 Å². The lowest BCUT2D eigenvalue weighted by atomic mass is 10.0. The van der Waals surface area contributed by atoms with Crippen molar-refractivity contribution < 1.29 is 4.79 Å². The number of nitrogens with zero attached hydrogens (tertiary/aromatic N) is 4. The molecule has 1 aromatic carbocycles. The topological polar surface area (TPSA) is 51.0 Å². The SMILES string of the molecule is CN(C)C(=O)c1cncc(-c2ccc3c(cnn3C)c2)c1. The third-order valence-electron chi connectivity index (χ3n) is 3.47. The van der Waals surface area contributed by atoms with E-state index in [1.54, 1.807) is 31.4 Å². The fourth-order valence-electron chi connectivity index (χ4n) is 2.32. The van der Waals surface area contributed by atoms with Crippen LogP contribution in [0.5, 0.6) is 0 Å². The van der Waals surface area contributed by atoms with E-state index in [2.05, 4.69) is 16.1 Å². The summed E-state index contributed by atoms with van der Waals surface area (Å²) < 4.78 is 1.84. The molecule has 0 spiro atoms. The van der Waals surface area contributed by atoms with Crippen LogP contribution in [0.4, 0.5) is 0 Å². The summed E-state index contributed by atoms with van der Waals surface area (Å²) in [5.41, 5.74) is 3.61. The van der Waals surface area contributed by atoms with Crippen LogP contribution in [0.15, 0.2) is 42.9 Å². The van der Waals surface area contributed by atoms with Gasteiger partial charge in [0.05, 0.1) is 17.3 Å². The van der Waals surface area contributed by atoms with Crippen LogP contribution in [-0.4, -0.2) is 39.7 Å². The first-order valence-corrected chi connectivity index (χ1v) is 6.65. The smallest absolute Gasteiger partial charge is 0.254 e. The molecule has 2 aromatic heterocycles. The Balaban J connectivity index is 2.06. The maximum Gasteiger partial charge on any atom is 0.254 e. The minimum absolute atomic E-state index is 0.0493. The summed E-state index contributed by atoms with van der Waals surface area (Å²) in [7, 11) is 5.38. The van der Waals surface area contributed by atoms with Gasteiger partial charge in [0.25, 0.3) is 5.91 Å². The second-order valence-corrected chi connectivity index (χ2v) is 5.20. The van der Waals surface area contributed by atoms with Crippen LogP contribution in [0.25, 0.3) is 22.0 Å². The van der Waals surface area contributed by atoms with Gasteiger partial charge in [0.2, 0.25) is 0 Å². The summed E-state index contributed by atoms with van der Waals surface area (Å²) >= 11 is 0. The third-order valence-corrected chi connectivity index (χ3v) is 3.47. The highest BCUT2D eigenvalue weighted by atomic mass is 16.2. The van der Waals surface area contributed by atoms with Crippen LogP contribution < -0.4 is 0 Å². The van der Waals surface area contributed by atoms with E-state index >= 15 is 0 Å². The van der Waals surface area contributed by atoms with Crippen molar-refractivity contribution in [3.8, 4) is 11.1 Å². The summed E-state index contributed by atoms with van der Waals surface area (Å²) in [6.07, 6.45) is 5.19. The van der Waals surface area contributed by atoms with Gasteiger partial charge in [0.15, 0.2) is 0 Å². The largest absolute Gasteiger partial charge is 0.345 e. The standard InChI is InChI=1S/C16H16N4O/c1-19(2)16(21)14-7-12(8-17-9-14)11-4-5-15-13(6-11)10-18-20(15)3/h4-10H,1-3H3. The average Bonchev–Trinajstić information content (AvgIpc) is 2.87. The summed E-state index contributed by atoms with van der Waals surface area (Å²) in [6.45, 7) is 0. The van der Waals surface area contributed by atoms with Crippen molar-refractivity contribution in [1.29, 1.82) is 0 Å². The normalized spacial score (nSPS) is 10.8. The maximum atomic E-state index is 12.0. The molecule has 0 aliphatic rings. The number of rotatable bonds is 2. The maximum absolute atomic E-state index is 12.0. The molecule has 1 amide bonds. The fourth-order valence-corrected chi connectivity index (χ4v) is 2.32. The fraction of sp³-hybridized carbons (Fsp3) is 0.188. The Kier molecular flexibility index (Phi) is 3.17. The molecule has 3 rings (SSSR count). The summed E-state index contributed by atoms with van der Waals surface area (Å²) in [6, 6.07) is 7.97. The van der Waals surface area contributed by atoms with Gasteiger partial charge in [-0.25, -0.2) is 0 Å². The van der Waals surface area contributed by atoms with E-state index < -0.39 is 0 Å². The van der Waals surface area contributed by atoms with Gasteiger partial charge in [-0.1, -0.05) is 6.07 Å². The minimum atomic E-state index is -0.0493. The molecule has 5 nitrogen and oxygen atoms in total. The molecule has 3 aromatic rings. The highest BCUT2D eigenvalue weighted by molar-refractivity contribution is 5.95. The van der Waals surface area contributed by atoms with E-state index in [0.29, 0.717) is 5.56 Å². The van der Waals surface area contributed by atoms with E-state index in [9.17, 15) is 4.79 Å². The molecular weight excluding hydrogens is 264 g/mol. The highest BCUT2D eigenvalue weighted by Crippen LogP contribution is 2.24. The van der Waals surface area contributed by atoms with Gasteiger partial charge in [0.1, 0.15) is 0 Å². The van der Waals surface area contributed by atoms with E-state index in [4.69, 9.17) is 0 Å². The Labute approximate surface area is 122 Å². The number of carbonyl (C=O) groups is 1. The number of carbonyl (C=O) groups excluding carboxylic acids is 1. The molecule has 0 bridgehead atoms. The second kappa shape index (κ2) is 5.01. The lowest BCUT2D eigenvalue weighted by Crippen LogP contribution is -2.21. The number of benzene rings is 1. The molecule has 5 heteroatoms. The number of hydrogen-bond donors (Lipinski definition) is 0. The van der Waals surface area contributed by atoms with Crippen molar-refractivity contribution in [2.24, 2.45) is 7.05 Å². The molecule has 0 radical (unpaired) electrons. The lowest BCUT2D eigenvalue weighted by molar-refractivity contribution is 0.0827. The monoisotopic (exact) mass is 280 g/mol. The van der Waals surface area contributed by atoms with E-state index in [1.165, 1.54) is 0 Å². The molecular formula is C16H16N4O. The van der Waals surface area contributed by atoms with Gasteiger partial charge < -0.3 is 4.90 Å². The predicted octanol–water partition coefficient (Wildman–Crippen LogP) is 2.34. The molecule has 0 aliphatic heterocycles. The van der Waals surface area contributed by atoms with E-state index in [-0.39, 0.29) is 5.91 Å². The number of fused-ring (bicyclic) bond motifs is 1. The summed E-state index contributed by atoms with van der Waals surface area (Å²) in [5.74, 6) is -0.0493. The van der Waals surface area contributed by atoms with Gasteiger partial charge in [-0.2, -0.15) is 5.10 Å². The van der Waals surface area contributed by atoms with Gasteiger partial charge in [-0.3, -0.25) is 14.5 Å². The van der Waals surface area contributed by atoms with Gasteiger partial charge in [-0.15, -0.1) is 0 Å². The predicted molar refractivity (Wildman–Crippen MR) is 82.0 cm³/mol. The van der Waals surface area contributed by atoms with Gasteiger partial charge in [-0.05, 0) is 23.8 Å².